The normalized spacial score (nSPS) is 45.1. The number of carbonyl (C=O) groups is 1. The molecule has 2 N–H and O–H groups in total. The van der Waals surface area contributed by atoms with Crippen molar-refractivity contribution in [2.24, 2.45) is 5.41 Å². The van der Waals surface area contributed by atoms with E-state index in [4.69, 9.17) is 9.47 Å². The average Bonchev–Trinajstić information content (AvgIpc) is 2.51. The van der Waals surface area contributed by atoms with E-state index in [2.05, 4.69) is 0 Å². The second-order valence-corrected chi connectivity index (χ2v) is 4.49. The van der Waals surface area contributed by atoms with Crippen molar-refractivity contribution in [3.8, 4) is 0 Å². The van der Waals surface area contributed by atoms with E-state index in [9.17, 15) is 15.0 Å². The summed E-state index contributed by atoms with van der Waals surface area (Å²) in [4.78, 5) is 11.3. The highest BCUT2D eigenvalue weighted by Gasteiger charge is 2.64. The standard InChI is InChI=1S/C10H16O5/c1-14-7-4-9(5-7,8(11)12)10(13)2-3-15-6-10/h7,13H,2-6H2,1H3,(H,11,12). The molecule has 1 saturated carbocycles. The number of hydrogen-bond donors (Lipinski definition) is 2. The van der Waals surface area contributed by atoms with E-state index >= 15 is 0 Å². The summed E-state index contributed by atoms with van der Waals surface area (Å²) in [6.45, 7) is 0.554. The summed E-state index contributed by atoms with van der Waals surface area (Å²) in [5, 5.41) is 19.5. The Bertz CT molecular complexity index is 263. The van der Waals surface area contributed by atoms with Gasteiger partial charge in [0.15, 0.2) is 0 Å². The molecule has 0 aromatic rings. The van der Waals surface area contributed by atoms with Gasteiger partial charge < -0.3 is 19.7 Å². The lowest BCUT2D eigenvalue weighted by molar-refractivity contribution is -0.205. The Hall–Kier alpha value is -0.650. The van der Waals surface area contributed by atoms with E-state index < -0.39 is 17.0 Å². The quantitative estimate of drug-likeness (QED) is 0.695. The maximum Gasteiger partial charge on any atom is 0.312 e. The molecule has 1 aliphatic carbocycles. The van der Waals surface area contributed by atoms with Crippen LogP contribution in [0.25, 0.3) is 0 Å². The fourth-order valence-electron chi connectivity index (χ4n) is 2.57. The maximum absolute atomic E-state index is 11.3. The van der Waals surface area contributed by atoms with Gasteiger partial charge in [0.05, 0.1) is 12.7 Å². The van der Waals surface area contributed by atoms with Gasteiger partial charge in [-0.3, -0.25) is 4.79 Å². The molecule has 2 fully saturated rings. The van der Waals surface area contributed by atoms with E-state index in [0.29, 0.717) is 25.9 Å². The smallest absolute Gasteiger partial charge is 0.312 e. The second kappa shape index (κ2) is 3.43. The van der Waals surface area contributed by atoms with Crippen LogP contribution in [-0.2, 0) is 14.3 Å². The van der Waals surface area contributed by atoms with E-state index in [1.807, 2.05) is 0 Å². The molecule has 86 valence electrons. The number of aliphatic carboxylic acids is 1. The van der Waals surface area contributed by atoms with E-state index in [1.165, 1.54) is 0 Å². The van der Waals surface area contributed by atoms with Gasteiger partial charge in [0, 0.05) is 20.1 Å². The van der Waals surface area contributed by atoms with Gasteiger partial charge in [0.25, 0.3) is 0 Å². The van der Waals surface area contributed by atoms with Crippen LogP contribution >= 0.6 is 0 Å². The molecule has 5 heteroatoms. The lowest BCUT2D eigenvalue weighted by atomic mass is 9.57. The van der Waals surface area contributed by atoms with Crippen molar-refractivity contribution in [3.63, 3.8) is 0 Å². The molecule has 0 spiro atoms. The summed E-state index contributed by atoms with van der Waals surface area (Å²) < 4.78 is 10.2. The molecule has 15 heavy (non-hydrogen) atoms. The summed E-state index contributed by atoms with van der Waals surface area (Å²) >= 11 is 0. The van der Waals surface area contributed by atoms with Crippen LogP contribution in [0.2, 0.25) is 0 Å². The molecule has 2 rings (SSSR count). The summed E-state index contributed by atoms with van der Waals surface area (Å²) in [6, 6.07) is 0. The molecule has 0 amide bonds. The Balaban J connectivity index is 2.18. The molecule has 5 nitrogen and oxygen atoms in total. The molecular weight excluding hydrogens is 200 g/mol. The van der Waals surface area contributed by atoms with Gasteiger partial charge in [-0.05, 0) is 12.8 Å². The predicted octanol–water partition coefficient (Wildman–Crippen LogP) is 0.0176. The first-order chi connectivity index (χ1) is 7.04. The zero-order valence-electron chi connectivity index (χ0n) is 8.73. The fraction of sp³-hybridized carbons (Fsp3) is 0.900. The van der Waals surface area contributed by atoms with Gasteiger partial charge in [-0.2, -0.15) is 0 Å². The van der Waals surface area contributed by atoms with E-state index in [1.54, 1.807) is 7.11 Å². The minimum atomic E-state index is -1.21. The van der Waals surface area contributed by atoms with Crippen molar-refractivity contribution >= 4 is 5.97 Å². The van der Waals surface area contributed by atoms with Crippen LogP contribution in [0.1, 0.15) is 19.3 Å². The lowest BCUT2D eigenvalue weighted by Crippen LogP contribution is -2.62. The number of carboxylic acid groups (broad SMARTS) is 1. The topological polar surface area (TPSA) is 76.0 Å². The number of hydrogen-bond acceptors (Lipinski definition) is 4. The first-order valence-corrected chi connectivity index (χ1v) is 5.10. The Morgan fingerprint density at radius 2 is 2.20 bits per heavy atom. The Kier molecular flexibility index (Phi) is 2.48. The minimum Gasteiger partial charge on any atom is -0.481 e. The highest BCUT2D eigenvalue weighted by molar-refractivity contribution is 5.78. The maximum atomic E-state index is 11.3. The number of carboxylic acids is 1. The van der Waals surface area contributed by atoms with Gasteiger partial charge in [0.1, 0.15) is 11.0 Å². The largest absolute Gasteiger partial charge is 0.481 e. The summed E-state index contributed by atoms with van der Waals surface area (Å²) in [7, 11) is 1.56. The predicted molar refractivity (Wildman–Crippen MR) is 50.5 cm³/mol. The van der Waals surface area contributed by atoms with Gasteiger partial charge in [-0.1, -0.05) is 0 Å². The number of rotatable bonds is 3. The van der Waals surface area contributed by atoms with Crippen molar-refractivity contribution in [2.45, 2.75) is 31.0 Å². The van der Waals surface area contributed by atoms with Gasteiger partial charge in [0.2, 0.25) is 0 Å². The van der Waals surface area contributed by atoms with E-state index in [-0.39, 0.29) is 12.7 Å². The van der Waals surface area contributed by atoms with Gasteiger partial charge in [-0.15, -0.1) is 0 Å². The molecule has 0 aromatic heterocycles. The average molecular weight is 216 g/mol. The van der Waals surface area contributed by atoms with Crippen molar-refractivity contribution in [3.05, 3.63) is 0 Å². The molecular formula is C10H16O5. The van der Waals surface area contributed by atoms with Crippen LogP contribution in [0.15, 0.2) is 0 Å². The number of ether oxygens (including phenoxy) is 2. The highest BCUT2D eigenvalue weighted by atomic mass is 16.5. The van der Waals surface area contributed by atoms with E-state index in [0.717, 1.165) is 0 Å². The molecule has 1 aliphatic heterocycles. The number of methoxy groups -OCH3 is 1. The summed E-state index contributed by atoms with van der Waals surface area (Å²) in [5.41, 5.74) is -2.28. The first kappa shape index (κ1) is 10.9. The number of aliphatic hydroxyl groups is 1. The Morgan fingerprint density at radius 3 is 2.60 bits per heavy atom. The molecule has 0 bridgehead atoms. The summed E-state index contributed by atoms with van der Waals surface area (Å²) in [6.07, 6.45) is 1.10. The van der Waals surface area contributed by atoms with Crippen molar-refractivity contribution < 1.29 is 24.5 Å². The highest BCUT2D eigenvalue weighted by Crippen LogP contribution is 2.53. The van der Waals surface area contributed by atoms with Crippen LogP contribution in [0, 0.1) is 5.41 Å². The molecule has 2 aliphatic rings. The molecule has 1 unspecified atom stereocenters. The van der Waals surface area contributed by atoms with Crippen molar-refractivity contribution in [1.82, 2.24) is 0 Å². The third-order valence-electron chi connectivity index (χ3n) is 3.79. The third kappa shape index (κ3) is 1.38. The molecule has 1 heterocycles. The Morgan fingerprint density at radius 1 is 1.53 bits per heavy atom. The fourth-order valence-corrected chi connectivity index (χ4v) is 2.57. The lowest BCUT2D eigenvalue weighted by Gasteiger charge is -2.51. The second-order valence-electron chi connectivity index (χ2n) is 4.49. The van der Waals surface area contributed by atoms with Crippen LogP contribution < -0.4 is 0 Å². The molecule has 0 radical (unpaired) electrons. The molecule has 1 saturated heterocycles. The zero-order valence-corrected chi connectivity index (χ0v) is 8.73. The van der Waals surface area contributed by atoms with Crippen molar-refractivity contribution in [1.29, 1.82) is 0 Å². The van der Waals surface area contributed by atoms with Crippen LogP contribution in [-0.4, -0.2) is 48.2 Å². The van der Waals surface area contributed by atoms with Crippen LogP contribution in [0.5, 0.6) is 0 Å². The molecule has 0 aromatic carbocycles. The summed E-state index contributed by atoms with van der Waals surface area (Å²) in [5.74, 6) is -0.941. The Labute approximate surface area is 88.0 Å². The zero-order chi connectivity index (χ0) is 11.1. The van der Waals surface area contributed by atoms with Crippen LogP contribution in [0.3, 0.4) is 0 Å². The SMILES string of the molecule is COC1CC(C(=O)O)(C2(O)CCOC2)C1. The third-order valence-corrected chi connectivity index (χ3v) is 3.79. The van der Waals surface area contributed by atoms with Crippen LogP contribution in [0.4, 0.5) is 0 Å². The van der Waals surface area contributed by atoms with Gasteiger partial charge in [-0.25, -0.2) is 0 Å². The monoisotopic (exact) mass is 216 g/mol. The molecule has 1 atom stereocenters. The minimum absolute atomic E-state index is 0.0503. The van der Waals surface area contributed by atoms with Crippen molar-refractivity contribution in [2.75, 3.05) is 20.3 Å². The van der Waals surface area contributed by atoms with Gasteiger partial charge >= 0.3 is 5.97 Å². The first-order valence-electron chi connectivity index (χ1n) is 5.10.